The molecule has 0 radical (unpaired) electrons. The van der Waals surface area contributed by atoms with Gasteiger partial charge in [-0.25, -0.2) is 0 Å². The van der Waals surface area contributed by atoms with E-state index in [0.29, 0.717) is 0 Å². The number of aromatic nitrogens is 1. The van der Waals surface area contributed by atoms with E-state index >= 15 is 0 Å². The molecule has 3 heteroatoms. The Bertz CT molecular complexity index is 424. The molecule has 0 amide bonds. The molecule has 3 nitrogen and oxygen atoms in total. The van der Waals surface area contributed by atoms with Crippen LogP contribution in [0.4, 0.5) is 0 Å². The zero-order valence-corrected chi connectivity index (χ0v) is 10.6. The molecule has 2 rings (SSSR count). The van der Waals surface area contributed by atoms with Crippen LogP contribution in [0.2, 0.25) is 0 Å². The number of allylic oxidation sites excluding steroid dienone is 1. The van der Waals surface area contributed by atoms with Gasteiger partial charge >= 0.3 is 0 Å². The van der Waals surface area contributed by atoms with Gasteiger partial charge in [-0.1, -0.05) is 5.57 Å². The number of pyridine rings is 1. The Morgan fingerprint density at radius 2 is 2.00 bits per heavy atom. The third-order valence-electron chi connectivity index (χ3n) is 3.16. The summed E-state index contributed by atoms with van der Waals surface area (Å²) in [6.45, 7) is 1.00. The molecule has 0 atom stereocenters. The van der Waals surface area contributed by atoms with Crippen molar-refractivity contribution in [1.82, 2.24) is 9.88 Å². The summed E-state index contributed by atoms with van der Waals surface area (Å²) in [5.41, 5.74) is 3.96. The Labute approximate surface area is 103 Å². The first kappa shape index (κ1) is 12.1. The maximum atomic E-state index is 9.52. The minimum absolute atomic E-state index is 0.254. The van der Waals surface area contributed by atoms with Crippen LogP contribution in [-0.2, 0) is 0 Å². The lowest BCUT2D eigenvalue weighted by Gasteiger charge is -2.23. The summed E-state index contributed by atoms with van der Waals surface area (Å²) in [7, 11) is 4.19. The molecule has 0 unspecified atom stereocenters. The number of aromatic hydroxyl groups is 1. The number of hydrogen-bond acceptors (Lipinski definition) is 3. The fourth-order valence-electron chi connectivity index (χ4n) is 2.47. The zero-order chi connectivity index (χ0) is 12.3. The van der Waals surface area contributed by atoms with Crippen molar-refractivity contribution >= 4 is 5.57 Å². The fraction of sp³-hybridized carbons (Fsp3) is 0.500. The summed E-state index contributed by atoms with van der Waals surface area (Å²) in [6.07, 6.45) is 8.13. The van der Waals surface area contributed by atoms with Crippen LogP contribution in [-0.4, -0.2) is 35.6 Å². The van der Waals surface area contributed by atoms with Gasteiger partial charge in [0.15, 0.2) is 0 Å². The van der Waals surface area contributed by atoms with E-state index in [0.717, 1.165) is 18.5 Å². The Hall–Kier alpha value is -1.35. The van der Waals surface area contributed by atoms with Crippen molar-refractivity contribution in [2.24, 2.45) is 0 Å². The van der Waals surface area contributed by atoms with Crippen LogP contribution in [0.1, 0.15) is 31.2 Å². The molecule has 17 heavy (non-hydrogen) atoms. The lowest BCUT2D eigenvalue weighted by atomic mass is 9.87. The normalized spacial score (nSPS) is 16.6. The second-order valence-electron chi connectivity index (χ2n) is 4.96. The molecule has 1 aromatic heterocycles. The van der Waals surface area contributed by atoms with Crippen molar-refractivity contribution in [2.75, 3.05) is 20.6 Å². The third kappa shape index (κ3) is 3.07. The minimum Gasteiger partial charge on any atom is -0.506 e. The first-order chi connectivity index (χ1) is 8.16. The highest BCUT2D eigenvalue weighted by Crippen LogP contribution is 2.33. The standard InChI is InChI=1S/C14H20N2O/c1-16(2)10-11-5-3-4-6-14(11)12-7-13(17)9-15-8-12/h7-9,17H,3-6,10H2,1-2H3. The van der Waals surface area contributed by atoms with Crippen molar-refractivity contribution in [3.63, 3.8) is 0 Å². The van der Waals surface area contributed by atoms with Crippen molar-refractivity contribution in [2.45, 2.75) is 25.7 Å². The molecular weight excluding hydrogens is 212 g/mol. The van der Waals surface area contributed by atoms with Gasteiger partial charge in [0.2, 0.25) is 0 Å². The van der Waals surface area contributed by atoms with Crippen molar-refractivity contribution in [3.8, 4) is 5.75 Å². The minimum atomic E-state index is 0.254. The highest BCUT2D eigenvalue weighted by molar-refractivity contribution is 5.70. The Kier molecular flexibility index (Phi) is 3.79. The van der Waals surface area contributed by atoms with Gasteiger partial charge in [0.25, 0.3) is 0 Å². The van der Waals surface area contributed by atoms with E-state index in [2.05, 4.69) is 24.0 Å². The van der Waals surface area contributed by atoms with E-state index in [-0.39, 0.29) is 5.75 Å². The number of nitrogens with zero attached hydrogens (tertiary/aromatic N) is 2. The van der Waals surface area contributed by atoms with Gasteiger partial charge in [-0.05, 0) is 57.0 Å². The van der Waals surface area contributed by atoms with E-state index in [1.165, 1.54) is 36.6 Å². The molecule has 0 spiro atoms. The summed E-state index contributed by atoms with van der Waals surface area (Å²) >= 11 is 0. The number of likely N-dealkylation sites (N-methyl/N-ethyl adjacent to an activating group) is 1. The average Bonchev–Trinajstić information content (AvgIpc) is 2.29. The van der Waals surface area contributed by atoms with Gasteiger partial charge in [0.05, 0.1) is 6.20 Å². The van der Waals surface area contributed by atoms with Crippen molar-refractivity contribution in [3.05, 3.63) is 29.6 Å². The fourth-order valence-corrected chi connectivity index (χ4v) is 2.47. The lowest BCUT2D eigenvalue weighted by molar-refractivity contribution is 0.434. The molecule has 1 N–H and O–H groups in total. The van der Waals surface area contributed by atoms with Gasteiger partial charge in [0.1, 0.15) is 5.75 Å². The predicted octanol–water partition coefficient (Wildman–Crippen LogP) is 2.68. The monoisotopic (exact) mass is 232 g/mol. The highest BCUT2D eigenvalue weighted by Gasteiger charge is 2.15. The molecule has 0 fully saturated rings. The van der Waals surface area contributed by atoms with Gasteiger partial charge in [-0.3, -0.25) is 4.98 Å². The summed E-state index contributed by atoms with van der Waals surface area (Å²) in [5.74, 6) is 0.254. The molecule has 1 aliphatic carbocycles. The van der Waals surface area contributed by atoms with Crippen molar-refractivity contribution in [1.29, 1.82) is 0 Å². The molecule has 1 aromatic rings. The van der Waals surface area contributed by atoms with E-state index < -0.39 is 0 Å². The third-order valence-corrected chi connectivity index (χ3v) is 3.16. The smallest absolute Gasteiger partial charge is 0.134 e. The van der Waals surface area contributed by atoms with Gasteiger partial charge in [-0.15, -0.1) is 0 Å². The molecule has 1 aliphatic rings. The van der Waals surface area contributed by atoms with Gasteiger partial charge in [0, 0.05) is 12.7 Å². The average molecular weight is 232 g/mol. The molecule has 92 valence electrons. The topological polar surface area (TPSA) is 36.4 Å². The number of hydrogen-bond donors (Lipinski definition) is 1. The predicted molar refractivity (Wildman–Crippen MR) is 69.8 cm³/mol. The Morgan fingerprint density at radius 3 is 2.71 bits per heavy atom. The maximum absolute atomic E-state index is 9.52. The van der Waals surface area contributed by atoms with Crippen LogP contribution in [0.25, 0.3) is 5.57 Å². The van der Waals surface area contributed by atoms with E-state index in [1.807, 2.05) is 12.3 Å². The largest absolute Gasteiger partial charge is 0.506 e. The maximum Gasteiger partial charge on any atom is 0.134 e. The molecule has 0 saturated carbocycles. The summed E-state index contributed by atoms with van der Waals surface area (Å²) in [4.78, 5) is 6.28. The van der Waals surface area contributed by atoms with Crippen LogP contribution in [0.5, 0.6) is 5.75 Å². The quantitative estimate of drug-likeness (QED) is 0.870. The van der Waals surface area contributed by atoms with E-state index in [1.54, 1.807) is 0 Å². The Balaban J connectivity index is 2.34. The summed E-state index contributed by atoms with van der Waals surface area (Å²) in [6, 6.07) is 1.82. The first-order valence-electron chi connectivity index (χ1n) is 6.17. The van der Waals surface area contributed by atoms with Crippen LogP contribution in [0.15, 0.2) is 24.0 Å². The van der Waals surface area contributed by atoms with Gasteiger partial charge in [-0.2, -0.15) is 0 Å². The summed E-state index contributed by atoms with van der Waals surface area (Å²) < 4.78 is 0. The molecular formula is C14H20N2O. The van der Waals surface area contributed by atoms with Gasteiger partial charge < -0.3 is 10.0 Å². The molecule has 0 aliphatic heterocycles. The van der Waals surface area contributed by atoms with E-state index in [4.69, 9.17) is 0 Å². The molecule has 1 heterocycles. The SMILES string of the molecule is CN(C)CC1=C(c2cncc(O)c2)CCCC1. The van der Waals surface area contributed by atoms with Crippen molar-refractivity contribution < 1.29 is 5.11 Å². The lowest BCUT2D eigenvalue weighted by Crippen LogP contribution is -2.17. The summed E-state index contributed by atoms with van der Waals surface area (Å²) in [5, 5.41) is 9.52. The highest BCUT2D eigenvalue weighted by atomic mass is 16.3. The second-order valence-corrected chi connectivity index (χ2v) is 4.96. The second kappa shape index (κ2) is 5.32. The first-order valence-corrected chi connectivity index (χ1v) is 6.17. The number of rotatable bonds is 3. The zero-order valence-electron chi connectivity index (χ0n) is 10.6. The Morgan fingerprint density at radius 1 is 1.24 bits per heavy atom. The molecule has 0 saturated heterocycles. The van der Waals surface area contributed by atoms with Crippen LogP contribution < -0.4 is 0 Å². The van der Waals surface area contributed by atoms with E-state index in [9.17, 15) is 5.11 Å². The van der Waals surface area contributed by atoms with Crippen LogP contribution >= 0.6 is 0 Å². The van der Waals surface area contributed by atoms with Crippen LogP contribution in [0.3, 0.4) is 0 Å². The molecule has 0 bridgehead atoms. The molecule has 0 aromatic carbocycles. The van der Waals surface area contributed by atoms with Crippen LogP contribution in [0, 0.1) is 0 Å².